The zero-order valence-electron chi connectivity index (χ0n) is 8.11. The zero-order valence-corrected chi connectivity index (χ0v) is 11.7. The van der Waals surface area contributed by atoms with Crippen LogP contribution in [-0.2, 0) is 20.4 Å². The maximum absolute atomic E-state index is 10.7. The number of nitrogens with one attached hydrogen (secondary N) is 1. The van der Waals surface area contributed by atoms with E-state index in [4.69, 9.17) is 4.55 Å². The molecular formula is C6H6NNaO6S2. The molecule has 16 heavy (non-hydrogen) atoms. The molecule has 7 nitrogen and oxygen atoms in total. The quantitative estimate of drug-likeness (QED) is 0.442. The van der Waals surface area contributed by atoms with Gasteiger partial charge in [-0.15, -0.1) is 0 Å². The van der Waals surface area contributed by atoms with Crippen molar-refractivity contribution in [3.8, 4) is 0 Å². The third-order valence-corrected chi connectivity index (χ3v) is 2.71. The molecule has 0 spiro atoms. The topological polar surface area (TPSA) is 124 Å². The van der Waals surface area contributed by atoms with Crippen LogP contribution in [0.15, 0.2) is 29.2 Å². The minimum atomic E-state index is -4.72. The minimum absolute atomic E-state index is 0. The maximum atomic E-state index is 10.7. The molecule has 0 amide bonds. The van der Waals surface area contributed by atoms with Gasteiger partial charge in [-0.25, -0.2) is 8.42 Å². The van der Waals surface area contributed by atoms with E-state index >= 15 is 0 Å². The predicted octanol–water partition coefficient (Wildman–Crippen LogP) is -3.19. The van der Waals surface area contributed by atoms with Gasteiger partial charge in [0, 0.05) is 5.69 Å². The van der Waals surface area contributed by atoms with Crippen molar-refractivity contribution >= 4 is 26.1 Å². The average Bonchev–Trinajstić information content (AvgIpc) is 1.99. The van der Waals surface area contributed by atoms with Gasteiger partial charge >= 0.3 is 29.6 Å². The van der Waals surface area contributed by atoms with Crippen LogP contribution in [0.1, 0.15) is 0 Å². The van der Waals surface area contributed by atoms with Gasteiger partial charge in [-0.2, -0.15) is 8.42 Å². The van der Waals surface area contributed by atoms with Crippen LogP contribution in [0.4, 0.5) is 5.69 Å². The Bertz CT molecular complexity index is 566. The number of benzene rings is 1. The number of hydrogen-bond donors (Lipinski definition) is 2. The second kappa shape index (κ2) is 5.45. The molecule has 0 saturated heterocycles. The van der Waals surface area contributed by atoms with E-state index in [1.807, 2.05) is 0 Å². The Balaban J connectivity index is 0.00000225. The normalized spacial score (nSPS) is 11.6. The standard InChI is InChI=1S/C6H7NO6S2.Na/c8-14(9,10)6-3-1-2-5(4-6)7-15(11,12)13;/h1-4,7H,(H,8,9,10)(H,11,12,13);/q;+1/p-1. The first-order chi connectivity index (χ1) is 6.68. The molecule has 0 aliphatic carbocycles. The molecule has 0 unspecified atom stereocenters. The fraction of sp³-hybridized carbons (Fsp3) is 0. The number of hydrogen-bond acceptors (Lipinski definition) is 5. The van der Waals surface area contributed by atoms with E-state index in [1.165, 1.54) is 16.9 Å². The van der Waals surface area contributed by atoms with Gasteiger partial charge < -0.3 is 4.55 Å². The molecular weight excluding hydrogens is 269 g/mol. The first-order valence-electron chi connectivity index (χ1n) is 3.50. The minimum Gasteiger partial charge on any atom is -0.731 e. The van der Waals surface area contributed by atoms with Gasteiger partial charge in [-0.3, -0.25) is 9.27 Å². The SMILES string of the molecule is O=S(=O)([O-])Nc1cccc(S(=O)(=O)O)c1.[Na+]. The van der Waals surface area contributed by atoms with E-state index in [0.717, 1.165) is 12.1 Å². The summed E-state index contributed by atoms with van der Waals surface area (Å²) in [5.41, 5.74) is -0.236. The monoisotopic (exact) mass is 275 g/mol. The summed E-state index contributed by atoms with van der Waals surface area (Å²) in [6.07, 6.45) is 0. The molecule has 0 aliphatic rings. The van der Waals surface area contributed by atoms with Crippen molar-refractivity contribution in [3.63, 3.8) is 0 Å². The van der Waals surface area contributed by atoms with Crippen molar-refractivity contribution in [2.45, 2.75) is 4.90 Å². The predicted molar refractivity (Wildman–Crippen MR) is 49.6 cm³/mol. The second-order valence-electron chi connectivity index (χ2n) is 2.56. The smallest absolute Gasteiger partial charge is 0.731 e. The molecule has 84 valence electrons. The molecule has 2 N–H and O–H groups in total. The zero-order chi connectivity index (χ0) is 11.7. The first kappa shape index (κ1) is 15.8. The van der Waals surface area contributed by atoms with Gasteiger partial charge in [0.05, 0.1) is 4.90 Å². The van der Waals surface area contributed by atoms with Crippen molar-refractivity contribution in [3.05, 3.63) is 24.3 Å². The van der Waals surface area contributed by atoms with E-state index in [0.29, 0.717) is 0 Å². The maximum Gasteiger partial charge on any atom is 1.00 e. The Morgan fingerprint density at radius 2 is 1.75 bits per heavy atom. The van der Waals surface area contributed by atoms with Crippen LogP contribution in [0.3, 0.4) is 0 Å². The average molecular weight is 275 g/mol. The van der Waals surface area contributed by atoms with Crippen molar-refractivity contribution < 1.29 is 55.5 Å². The molecule has 0 atom stereocenters. The third-order valence-electron chi connectivity index (χ3n) is 1.37. The van der Waals surface area contributed by atoms with E-state index in [-0.39, 0.29) is 35.2 Å². The number of anilines is 1. The van der Waals surface area contributed by atoms with Gasteiger partial charge in [0.15, 0.2) is 10.3 Å². The van der Waals surface area contributed by atoms with Crippen molar-refractivity contribution in [2.24, 2.45) is 0 Å². The Morgan fingerprint density at radius 3 is 2.19 bits per heavy atom. The first-order valence-corrected chi connectivity index (χ1v) is 6.34. The summed E-state index contributed by atoms with van der Waals surface area (Å²) in [6, 6.07) is 4.23. The van der Waals surface area contributed by atoms with Crippen LogP contribution < -0.4 is 34.3 Å². The van der Waals surface area contributed by atoms with Crippen molar-refractivity contribution in [1.29, 1.82) is 0 Å². The summed E-state index contributed by atoms with van der Waals surface area (Å²) in [5, 5.41) is 0. The van der Waals surface area contributed by atoms with Gasteiger partial charge in [-0.05, 0) is 18.2 Å². The van der Waals surface area contributed by atoms with E-state index in [9.17, 15) is 21.4 Å². The van der Waals surface area contributed by atoms with Crippen LogP contribution in [0.5, 0.6) is 0 Å². The summed E-state index contributed by atoms with van der Waals surface area (Å²) in [6.45, 7) is 0. The molecule has 1 aromatic carbocycles. The van der Waals surface area contributed by atoms with Crippen LogP contribution in [0.25, 0.3) is 0 Å². The summed E-state index contributed by atoms with van der Waals surface area (Å²) in [7, 11) is -9.13. The third kappa shape index (κ3) is 5.25. The molecule has 0 heterocycles. The molecule has 0 radical (unpaired) electrons. The van der Waals surface area contributed by atoms with Gasteiger partial charge in [0.1, 0.15) is 0 Å². The Labute approximate surface area is 115 Å². The molecule has 0 bridgehead atoms. The molecule has 10 heteroatoms. The van der Waals surface area contributed by atoms with Crippen LogP contribution in [-0.4, -0.2) is 25.9 Å². The molecule has 0 saturated carbocycles. The van der Waals surface area contributed by atoms with Crippen molar-refractivity contribution in [1.82, 2.24) is 0 Å². The second-order valence-corrected chi connectivity index (χ2v) is 5.09. The van der Waals surface area contributed by atoms with Crippen LogP contribution >= 0.6 is 0 Å². The fourth-order valence-corrected chi connectivity index (χ4v) is 1.81. The van der Waals surface area contributed by atoms with E-state index in [1.54, 1.807) is 0 Å². The Kier molecular flexibility index (Phi) is 5.39. The van der Waals surface area contributed by atoms with Crippen molar-refractivity contribution in [2.75, 3.05) is 4.72 Å². The molecule has 0 aromatic heterocycles. The molecule has 0 fully saturated rings. The van der Waals surface area contributed by atoms with Gasteiger partial charge in [0.2, 0.25) is 0 Å². The summed E-state index contributed by atoms with van der Waals surface area (Å²) >= 11 is 0. The molecule has 1 aromatic rings. The van der Waals surface area contributed by atoms with E-state index in [2.05, 4.69) is 0 Å². The molecule has 1 rings (SSSR count). The van der Waals surface area contributed by atoms with E-state index < -0.39 is 25.3 Å². The van der Waals surface area contributed by atoms with Crippen LogP contribution in [0, 0.1) is 0 Å². The fourth-order valence-electron chi connectivity index (χ4n) is 0.864. The van der Waals surface area contributed by atoms with Gasteiger partial charge in [-0.1, -0.05) is 6.07 Å². The number of rotatable bonds is 3. The van der Waals surface area contributed by atoms with Crippen LogP contribution in [0.2, 0.25) is 0 Å². The Morgan fingerprint density at radius 1 is 1.19 bits per heavy atom. The largest absolute Gasteiger partial charge is 1.00 e. The Hall–Kier alpha value is -0.160. The molecule has 0 aliphatic heterocycles. The summed E-state index contributed by atoms with van der Waals surface area (Å²) < 4.78 is 62.3. The van der Waals surface area contributed by atoms with Gasteiger partial charge in [0.25, 0.3) is 10.1 Å². The summed E-state index contributed by atoms with van der Waals surface area (Å²) in [4.78, 5) is -0.504. The summed E-state index contributed by atoms with van der Waals surface area (Å²) in [5.74, 6) is 0.